The molecular formula is C25H30N4O5S2. The molecule has 1 aromatic heterocycles. The second-order valence-electron chi connectivity index (χ2n) is 9.46. The number of fused-ring (bicyclic) bond motifs is 3. The van der Waals surface area contributed by atoms with Crippen molar-refractivity contribution in [1.29, 1.82) is 0 Å². The van der Waals surface area contributed by atoms with Crippen LogP contribution in [0.4, 0.5) is 5.82 Å². The molecule has 9 nitrogen and oxygen atoms in total. The fraction of sp³-hybridized carbons (Fsp3) is 0.520. The molecule has 3 amide bonds. The lowest BCUT2D eigenvalue weighted by atomic mass is 9.76. The van der Waals surface area contributed by atoms with Crippen molar-refractivity contribution in [1.82, 2.24) is 15.2 Å². The van der Waals surface area contributed by atoms with Gasteiger partial charge >= 0.3 is 0 Å². The zero-order valence-corrected chi connectivity index (χ0v) is 21.7. The van der Waals surface area contributed by atoms with E-state index in [2.05, 4.69) is 16.0 Å². The number of methoxy groups -OCH3 is 1. The molecule has 1 aliphatic carbocycles. The van der Waals surface area contributed by atoms with Crippen molar-refractivity contribution in [2.45, 2.75) is 50.8 Å². The van der Waals surface area contributed by atoms with E-state index in [9.17, 15) is 14.4 Å². The highest BCUT2D eigenvalue weighted by atomic mass is 32.1. The molecule has 5 rings (SSSR count). The Morgan fingerprint density at radius 3 is 2.86 bits per heavy atom. The molecule has 4 unspecified atom stereocenters. The number of rotatable bonds is 7. The van der Waals surface area contributed by atoms with Crippen LogP contribution in [0.15, 0.2) is 24.3 Å². The van der Waals surface area contributed by atoms with E-state index in [0.29, 0.717) is 53.6 Å². The van der Waals surface area contributed by atoms with Crippen LogP contribution < -0.4 is 20.7 Å². The number of thiazole rings is 1. The van der Waals surface area contributed by atoms with Gasteiger partial charge < -0.3 is 30.0 Å². The molecule has 0 bridgehead atoms. The van der Waals surface area contributed by atoms with Crippen LogP contribution in [0.3, 0.4) is 0 Å². The molecule has 1 aromatic carbocycles. The van der Waals surface area contributed by atoms with Gasteiger partial charge in [0.25, 0.3) is 5.91 Å². The molecule has 1 saturated carbocycles. The number of hydrogen-bond acceptors (Lipinski definition) is 7. The summed E-state index contributed by atoms with van der Waals surface area (Å²) in [5.41, 5.74) is 0.903. The van der Waals surface area contributed by atoms with Gasteiger partial charge in [-0.1, -0.05) is 29.5 Å². The molecule has 4 atom stereocenters. The average Bonchev–Trinajstić information content (AvgIpc) is 3.53. The lowest BCUT2D eigenvalue weighted by molar-refractivity contribution is -0.130. The van der Waals surface area contributed by atoms with Gasteiger partial charge in [-0.15, -0.1) is 0 Å². The Balaban J connectivity index is 1.30. The fourth-order valence-corrected chi connectivity index (χ4v) is 6.80. The third-order valence-corrected chi connectivity index (χ3v) is 8.71. The topological polar surface area (TPSA) is 111 Å². The summed E-state index contributed by atoms with van der Waals surface area (Å²) < 4.78 is 13.4. The number of ether oxygens (including phenoxy) is 2. The van der Waals surface area contributed by atoms with E-state index < -0.39 is 0 Å². The Labute approximate surface area is 218 Å². The van der Waals surface area contributed by atoms with Crippen molar-refractivity contribution >= 4 is 47.1 Å². The van der Waals surface area contributed by atoms with E-state index in [1.807, 2.05) is 28.8 Å². The molecule has 36 heavy (non-hydrogen) atoms. The highest BCUT2D eigenvalue weighted by molar-refractivity contribution is 7.73. The van der Waals surface area contributed by atoms with Gasteiger partial charge in [-0.25, -0.2) is 0 Å². The van der Waals surface area contributed by atoms with Crippen LogP contribution in [0.5, 0.6) is 5.75 Å². The smallest absolute Gasteiger partial charge is 0.265 e. The summed E-state index contributed by atoms with van der Waals surface area (Å²) in [5.74, 6) is 0.201. The van der Waals surface area contributed by atoms with Crippen molar-refractivity contribution in [3.05, 3.63) is 38.7 Å². The van der Waals surface area contributed by atoms with Crippen LogP contribution in [-0.2, 0) is 20.9 Å². The highest BCUT2D eigenvalue weighted by Gasteiger charge is 2.44. The summed E-state index contributed by atoms with van der Waals surface area (Å²) in [4.78, 5) is 39.4. The summed E-state index contributed by atoms with van der Waals surface area (Å²) in [7, 11) is 1.61. The molecule has 0 radical (unpaired) electrons. The second kappa shape index (κ2) is 10.7. The first-order valence-corrected chi connectivity index (χ1v) is 13.5. The summed E-state index contributed by atoms with van der Waals surface area (Å²) >= 11 is 6.83. The fourth-order valence-electron chi connectivity index (χ4n) is 5.41. The van der Waals surface area contributed by atoms with Crippen LogP contribution in [0.2, 0.25) is 0 Å². The van der Waals surface area contributed by atoms with Crippen molar-refractivity contribution in [3.8, 4) is 5.75 Å². The molecule has 192 valence electrons. The predicted molar refractivity (Wildman–Crippen MR) is 138 cm³/mol. The van der Waals surface area contributed by atoms with E-state index in [1.165, 1.54) is 11.3 Å². The van der Waals surface area contributed by atoms with E-state index >= 15 is 0 Å². The zero-order chi connectivity index (χ0) is 25.2. The summed E-state index contributed by atoms with van der Waals surface area (Å²) in [6.07, 6.45) is 3.63. The minimum Gasteiger partial charge on any atom is -0.496 e. The average molecular weight is 531 g/mol. The quantitative estimate of drug-likeness (QED) is 0.473. The maximum absolute atomic E-state index is 13.1. The number of carbonyl (C=O) groups is 3. The number of anilines is 1. The number of para-hydroxylation sites is 1. The van der Waals surface area contributed by atoms with Gasteiger partial charge in [0.15, 0.2) is 3.95 Å². The van der Waals surface area contributed by atoms with Gasteiger partial charge in [0.2, 0.25) is 11.8 Å². The Morgan fingerprint density at radius 1 is 1.25 bits per heavy atom. The predicted octanol–water partition coefficient (Wildman–Crippen LogP) is 3.42. The molecule has 3 heterocycles. The maximum Gasteiger partial charge on any atom is 0.265 e. The molecule has 2 fully saturated rings. The van der Waals surface area contributed by atoms with Gasteiger partial charge in [0, 0.05) is 37.2 Å². The highest BCUT2D eigenvalue weighted by Crippen LogP contribution is 2.45. The van der Waals surface area contributed by atoms with E-state index in [4.69, 9.17) is 21.7 Å². The third-order valence-electron chi connectivity index (χ3n) is 7.31. The largest absolute Gasteiger partial charge is 0.496 e. The first kappa shape index (κ1) is 24.9. The summed E-state index contributed by atoms with van der Waals surface area (Å²) in [6.45, 7) is 1.51. The Kier molecular flexibility index (Phi) is 7.40. The second-order valence-corrected chi connectivity index (χ2v) is 11.1. The first-order chi connectivity index (χ1) is 17.5. The van der Waals surface area contributed by atoms with Crippen LogP contribution >= 0.6 is 23.6 Å². The van der Waals surface area contributed by atoms with Crippen molar-refractivity contribution in [2.75, 3.05) is 25.6 Å². The number of aromatic nitrogens is 1. The number of carbonyl (C=O) groups excluding carboxylic acids is 3. The summed E-state index contributed by atoms with van der Waals surface area (Å²) in [5, 5.41) is 8.87. The number of hydrogen-bond donors (Lipinski definition) is 3. The van der Waals surface area contributed by atoms with Crippen LogP contribution in [0.25, 0.3) is 0 Å². The number of nitrogens with zero attached hydrogens (tertiary/aromatic N) is 1. The van der Waals surface area contributed by atoms with E-state index in [0.717, 1.165) is 24.2 Å². The van der Waals surface area contributed by atoms with Crippen LogP contribution in [-0.4, -0.2) is 48.7 Å². The lowest BCUT2D eigenvalue weighted by Gasteiger charge is -2.39. The summed E-state index contributed by atoms with van der Waals surface area (Å²) in [6, 6.07) is 7.32. The molecule has 0 spiro atoms. The van der Waals surface area contributed by atoms with Gasteiger partial charge in [-0.05, 0) is 50.4 Å². The molecule has 11 heteroatoms. The minimum atomic E-state index is -0.278. The van der Waals surface area contributed by atoms with Gasteiger partial charge in [-0.2, -0.15) is 0 Å². The van der Waals surface area contributed by atoms with E-state index in [-0.39, 0.29) is 41.7 Å². The lowest BCUT2D eigenvalue weighted by Crippen LogP contribution is -2.44. The zero-order valence-electron chi connectivity index (χ0n) is 20.1. The van der Waals surface area contributed by atoms with Crippen LogP contribution in [0.1, 0.15) is 53.4 Å². The standard InChI is InChI=1S/C25H30N4O5S2/c1-33-19-7-3-2-5-15(19)12-26-22(30)14-8-9-17-18(11-14)29-21(28-23(17)31)20(36-25(29)35)24(32)27-13-16-6-4-10-34-16/h2-3,5,7,14,16-18H,4,6,8-13H2,1H3,(H,26,30)(H,27,32)(H,28,31). The first-order valence-electron chi connectivity index (χ1n) is 12.3. The Hall–Kier alpha value is -2.76. The molecule has 3 N–H and O–H groups in total. The van der Waals surface area contributed by atoms with Gasteiger partial charge in [-0.3, -0.25) is 14.4 Å². The minimum absolute atomic E-state index is 0.0211. The van der Waals surface area contributed by atoms with Gasteiger partial charge in [0.1, 0.15) is 16.4 Å². The number of nitrogens with one attached hydrogen (secondary N) is 3. The van der Waals surface area contributed by atoms with Crippen LogP contribution in [0, 0.1) is 15.8 Å². The number of amides is 3. The van der Waals surface area contributed by atoms with Crippen molar-refractivity contribution in [3.63, 3.8) is 0 Å². The maximum atomic E-state index is 13.1. The monoisotopic (exact) mass is 530 g/mol. The molecular weight excluding hydrogens is 500 g/mol. The molecule has 2 aliphatic heterocycles. The number of benzene rings is 1. The van der Waals surface area contributed by atoms with Gasteiger partial charge in [0.05, 0.1) is 19.1 Å². The van der Waals surface area contributed by atoms with E-state index in [1.54, 1.807) is 7.11 Å². The molecule has 2 aromatic rings. The van der Waals surface area contributed by atoms with Crippen molar-refractivity contribution < 1.29 is 23.9 Å². The van der Waals surface area contributed by atoms with Crippen molar-refractivity contribution in [2.24, 2.45) is 11.8 Å². The Morgan fingerprint density at radius 2 is 2.08 bits per heavy atom. The molecule has 1 saturated heterocycles. The normalized spacial score (nSPS) is 24.9. The Bertz CT molecular complexity index is 1220. The SMILES string of the molecule is COc1ccccc1CNC(=O)C1CCC2C(=O)Nc3c(C(=O)NCC4CCCO4)sc(=S)n3C2C1. The molecule has 3 aliphatic rings. The third kappa shape index (κ3) is 4.91.